The summed E-state index contributed by atoms with van der Waals surface area (Å²) in [6, 6.07) is 13.4. The number of ether oxygens (including phenoxy) is 1. The third-order valence-corrected chi connectivity index (χ3v) is 2.80. The predicted octanol–water partition coefficient (Wildman–Crippen LogP) is 3.52. The highest BCUT2D eigenvalue weighted by Gasteiger charge is 2.11. The van der Waals surface area contributed by atoms with Gasteiger partial charge in [-0.15, -0.1) is 0 Å². The van der Waals surface area contributed by atoms with Crippen molar-refractivity contribution in [2.24, 2.45) is 0 Å². The second-order valence-electron chi connectivity index (χ2n) is 4.37. The largest absolute Gasteiger partial charge is 0.423 e. The zero-order chi connectivity index (χ0) is 15.2. The topological polar surface area (TPSA) is 69.4 Å². The van der Waals surface area contributed by atoms with Crippen LogP contribution in [0.2, 0.25) is 0 Å². The van der Waals surface area contributed by atoms with Crippen molar-refractivity contribution in [1.82, 2.24) is 0 Å². The number of aryl methyl sites for hydroxylation is 1. The molecule has 21 heavy (non-hydrogen) atoms. The Bertz CT molecular complexity index is 693. The van der Waals surface area contributed by atoms with E-state index in [2.05, 4.69) is 0 Å². The minimum atomic E-state index is -0.581. The van der Waals surface area contributed by atoms with Gasteiger partial charge in [-0.2, -0.15) is 0 Å². The van der Waals surface area contributed by atoms with Crippen LogP contribution >= 0.6 is 0 Å². The van der Waals surface area contributed by atoms with Crippen LogP contribution in [0, 0.1) is 17.0 Å². The summed E-state index contributed by atoms with van der Waals surface area (Å²) in [5, 5.41) is 10.7. The van der Waals surface area contributed by atoms with Crippen LogP contribution in [-0.2, 0) is 4.79 Å². The monoisotopic (exact) mass is 283 g/mol. The first kappa shape index (κ1) is 14.5. The SMILES string of the molecule is Cc1ccc([N+](=O)[O-])cc1OC(=O)C=Cc1ccccc1. The maximum Gasteiger partial charge on any atom is 0.336 e. The van der Waals surface area contributed by atoms with Crippen LogP contribution < -0.4 is 4.74 Å². The fourth-order valence-corrected chi connectivity index (χ4v) is 1.68. The first-order valence-corrected chi connectivity index (χ1v) is 6.26. The summed E-state index contributed by atoms with van der Waals surface area (Å²) in [4.78, 5) is 21.9. The third kappa shape index (κ3) is 4.01. The second kappa shape index (κ2) is 6.47. The highest BCUT2D eigenvalue weighted by atomic mass is 16.6. The number of hydrogen-bond donors (Lipinski definition) is 0. The lowest BCUT2D eigenvalue weighted by molar-refractivity contribution is -0.384. The number of nitrogens with zero attached hydrogens (tertiary/aromatic N) is 1. The lowest BCUT2D eigenvalue weighted by Crippen LogP contribution is -2.05. The molecule has 0 aliphatic heterocycles. The summed E-state index contributed by atoms with van der Waals surface area (Å²) in [6.07, 6.45) is 2.91. The van der Waals surface area contributed by atoms with Gasteiger partial charge in [-0.1, -0.05) is 30.3 Å². The van der Waals surface area contributed by atoms with Crippen LogP contribution in [-0.4, -0.2) is 10.9 Å². The van der Waals surface area contributed by atoms with E-state index in [0.29, 0.717) is 5.56 Å². The Labute approximate surface area is 121 Å². The van der Waals surface area contributed by atoms with Crippen molar-refractivity contribution in [3.8, 4) is 5.75 Å². The standard InChI is InChI=1S/C16H13NO4/c1-12-7-9-14(17(19)20)11-15(12)21-16(18)10-8-13-5-3-2-4-6-13/h2-11H,1H3. The smallest absolute Gasteiger partial charge is 0.336 e. The van der Waals surface area contributed by atoms with Crippen molar-refractivity contribution in [3.63, 3.8) is 0 Å². The Kier molecular flexibility index (Phi) is 4.46. The molecule has 0 unspecified atom stereocenters. The van der Waals surface area contributed by atoms with Crippen molar-refractivity contribution in [1.29, 1.82) is 0 Å². The van der Waals surface area contributed by atoms with Gasteiger partial charge in [0.1, 0.15) is 5.75 Å². The number of nitro benzene ring substituents is 1. The van der Waals surface area contributed by atoms with Crippen LogP contribution in [0.15, 0.2) is 54.6 Å². The molecule has 5 nitrogen and oxygen atoms in total. The zero-order valence-corrected chi connectivity index (χ0v) is 11.4. The number of nitro groups is 1. The number of non-ortho nitro benzene ring substituents is 1. The molecule has 0 amide bonds. The molecular formula is C16H13NO4. The Morgan fingerprint density at radius 2 is 1.90 bits per heavy atom. The van der Waals surface area contributed by atoms with E-state index in [1.54, 1.807) is 19.1 Å². The van der Waals surface area contributed by atoms with Crippen molar-refractivity contribution in [3.05, 3.63) is 75.8 Å². The van der Waals surface area contributed by atoms with Crippen LogP contribution in [0.25, 0.3) is 6.08 Å². The molecule has 0 N–H and O–H groups in total. The highest BCUT2D eigenvalue weighted by molar-refractivity contribution is 5.88. The number of carbonyl (C=O) groups excluding carboxylic acids is 1. The van der Waals surface area contributed by atoms with E-state index in [4.69, 9.17) is 4.74 Å². The molecule has 0 saturated heterocycles. The Balaban J connectivity index is 2.11. The molecule has 106 valence electrons. The minimum Gasteiger partial charge on any atom is -0.423 e. The summed E-state index contributed by atoms with van der Waals surface area (Å²) in [5.41, 5.74) is 1.41. The summed E-state index contributed by atoms with van der Waals surface area (Å²) in [7, 11) is 0. The van der Waals surface area contributed by atoms with Gasteiger partial charge < -0.3 is 4.74 Å². The Hall–Kier alpha value is -2.95. The molecule has 5 heteroatoms. The molecule has 0 saturated carbocycles. The van der Waals surface area contributed by atoms with Crippen LogP contribution in [0.4, 0.5) is 5.69 Å². The molecule has 2 aromatic rings. The molecule has 0 spiro atoms. The Morgan fingerprint density at radius 3 is 2.57 bits per heavy atom. The molecule has 0 aliphatic carbocycles. The summed E-state index contributed by atoms with van der Waals surface area (Å²) < 4.78 is 5.13. The molecule has 0 atom stereocenters. The normalized spacial score (nSPS) is 10.5. The van der Waals surface area contributed by atoms with Crippen LogP contribution in [0.5, 0.6) is 5.75 Å². The maximum atomic E-state index is 11.7. The van der Waals surface area contributed by atoms with E-state index in [0.717, 1.165) is 5.56 Å². The lowest BCUT2D eigenvalue weighted by Gasteiger charge is -2.04. The van der Waals surface area contributed by atoms with Crippen molar-refractivity contribution in [2.45, 2.75) is 6.92 Å². The molecule has 0 aromatic heterocycles. The zero-order valence-electron chi connectivity index (χ0n) is 11.4. The van der Waals surface area contributed by atoms with E-state index < -0.39 is 10.9 Å². The van der Waals surface area contributed by atoms with Gasteiger partial charge in [-0.25, -0.2) is 4.79 Å². The first-order chi connectivity index (χ1) is 10.1. The van der Waals surface area contributed by atoms with Gasteiger partial charge in [-0.05, 0) is 30.2 Å². The van der Waals surface area contributed by atoms with Gasteiger partial charge in [-0.3, -0.25) is 10.1 Å². The number of carbonyl (C=O) groups is 1. The second-order valence-corrected chi connectivity index (χ2v) is 4.37. The van der Waals surface area contributed by atoms with Crippen molar-refractivity contribution in [2.75, 3.05) is 0 Å². The van der Waals surface area contributed by atoms with E-state index in [9.17, 15) is 14.9 Å². The van der Waals surface area contributed by atoms with Gasteiger partial charge in [0, 0.05) is 12.1 Å². The summed E-state index contributed by atoms with van der Waals surface area (Å²) in [5.74, 6) is -0.394. The number of hydrogen-bond acceptors (Lipinski definition) is 4. The molecule has 0 aliphatic rings. The summed E-state index contributed by atoms with van der Waals surface area (Å²) >= 11 is 0. The maximum absolute atomic E-state index is 11.7. The van der Waals surface area contributed by atoms with Gasteiger partial charge in [0.2, 0.25) is 0 Å². The third-order valence-electron chi connectivity index (χ3n) is 2.80. The Morgan fingerprint density at radius 1 is 1.19 bits per heavy atom. The molecule has 2 aromatic carbocycles. The number of rotatable bonds is 4. The average Bonchev–Trinajstić information content (AvgIpc) is 2.48. The molecule has 0 radical (unpaired) electrons. The van der Waals surface area contributed by atoms with E-state index >= 15 is 0 Å². The fourth-order valence-electron chi connectivity index (χ4n) is 1.68. The van der Waals surface area contributed by atoms with Gasteiger partial charge >= 0.3 is 5.97 Å². The molecule has 2 rings (SSSR count). The molecule has 0 heterocycles. The van der Waals surface area contributed by atoms with E-state index in [1.807, 2.05) is 30.3 Å². The highest BCUT2D eigenvalue weighted by Crippen LogP contribution is 2.24. The van der Waals surface area contributed by atoms with Gasteiger partial charge in [0.05, 0.1) is 11.0 Å². The van der Waals surface area contributed by atoms with Crippen LogP contribution in [0.3, 0.4) is 0 Å². The van der Waals surface area contributed by atoms with Gasteiger partial charge in [0.25, 0.3) is 5.69 Å². The van der Waals surface area contributed by atoms with Gasteiger partial charge in [0.15, 0.2) is 0 Å². The number of esters is 1. The fraction of sp³-hybridized carbons (Fsp3) is 0.0625. The van der Waals surface area contributed by atoms with Crippen LogP contribution in [0.1, 0.15) is 11.1 Å². The number of benzene rings is 2. The van der Waals surface area contributed by atoms with Crippen molar-refractivity contribution >= 4 is 17.7 Å². The predicted molar refractivity (Wildman–Crippen MR) is 78.9 cm³/mol. The van der Waals surface area contributed by atoms with E-state index in [1.165, 1.54) is 18.2 Å². The molecular weight excluding hydrogens is 270 g/mol. The average molecular weight is 283 g/mol. The van der Waals surface area contributed by atoms with E-state index in [-0.39, 0.29) is 11.4 Å². The first-order valence-electron chi connectivity index (χ1n) is 6.26. The van der Waals surface area contributed by atoms with Crippen molar-refractivity contribution < 1.29 is 14.5 Å². The molecule has 0 bridgehead atoms. The summed E-state index contributed by atoms with van der Waals surface area (Å²) in [6.45, 7) is 1.72. The minimum absolute atomic E-state index is 0.115. The quantitative estimate of drug-likeness (QED) is 0.283. The molecule has 0 fully saturated rings. The lowest BCUT2D eigenvalue weighted by atomic mass is 10.2.